The monoisotopic (exact) mass is 247 g/mol. The highest BCUT2D eigenvalue weighted by Gasteiger charge is 2.08. The lowest BCUT2D eigenvalue weighted by Crippen LogP contribution is -2.08. The fourth-order valence-corrected chi connectivity index (χ4v) is 1.61. The average molecular weight is 247 g/mol. The molecule has 1 aromatic carbocycles. The van der Waals surface area contributed by atoms with Crippen molar-refractivity contribution < 1.29 is 9.13 Å². The van der Waals surface area contributed by atoms with Gasteiger partial charge in [-0.25, -0.2) is 4.39 Å². The van der Waals surface area contributed by atoms with Crippen molar-refractivity contribution in [2.24, 2.45) is 0 Å². The standard InChI is InChI=1S/C13H14FN3O/c1-9(12-8-15-5-6-16-12)17-10-3-4-13(18-2)11(14)7-10/h3-9,17H,1-2H3. The van der Waals surface area contributed by atoms with E-state index in [9.17, 15) is 4.39 Å². The molecule has 1 N–H and O–H groups in total. The van der Waals surface area contributed by atoms with Gasteiger partial charge in [0.2, 0.25) is 0 Å². The van der Waals surface area contributed by atoms with Crippen LogP contribution in [0, 0.1) is 5.82 Å². The number of hydrogen-bond acceptors (Lipinski definition) is 4. The van der Waals surface area contributed by atoms with Crippen LogP contribution < -0.4 is 10.1 Å². The Bertz CT molecular complexity index is 519. The zero-order valence-corrected chi connectivity index (χ0v) is 10.2. The van der Waals surface area contributed by atoms with Crippen molar-refractivity contribution in [1.29, 1.82) is 0 Å². The van der Waals surface area contributed by atoms with Crippen molar-refractivity contribution in [3.63, 3.8) is 0 Å². The molecule has 2 rings (SSSR count). The largest absolute Gasteiger partial charge is 0.494 e. The minimum absolute atomic E-state index is 0.0495. The molecule has 1 unspecified atom stereocenters. The number of nitrogens with zero attached hydrogens (tertiary/aromatic N) is 2. The normalized spacial score (nSPS) is 11.9. The summed E-state index contributed by atoms with van der Waals surface area (Å²) < 4.78 is 18.4. The molecule has 1 aromatic heterocycles. The molecule has 18 heavy (non-hydrogen) atoms. The highest BCUT2D eigenvalue weighted by molar-refractivity contribution is 5.48. The molecule has 0 fully saturated rings. The van der Waals surface area contributed by atoms with Crippen LogP contribution in [0.5, 0.6) is 5.75 Å². The van der Waals surface area contributed by atoms with Crippen molar-refractivity contribution in [3.05, 3.63) is 48.3 Å². The van der Waals surface area contributed by atoms with Gasteiger partial charge >= 0.3 is 0 Å². The molecule has 1 atom stereocenters. The van der Waals surface area contributed by atoms with Gasteiger partial charge in [-0.3, -0.25) is 9.97 Å². The first-order valence-corrected chi connectivity index (χ1v) is 5.56. The molecule has 0 saturated carbocycles. The third kappa shape index (κ3) is 2.74. The molecule has 0 radical (unpaired) electrons. The number of nitrogens with one attached hydrogen (secondary N) is 1. The molecule has 0 aliphatic rings. The van der Waals surface area contributed by atoms with Gasteiger partial charge in [0.25, 0.3) is 0 Å². The van der Waals surface area contributed by atoms with Crippen LogP contribution in [-0.4, -0.2) is 17.1 Å². The summed E-state index contributed by atoms with van der Waals surface area (Å²) in [5, 5.41) is 3.15. The van der Waals surface area contributed by atoms with Crippen LogP contribution in [0.15, 0.2) is 36.8 Å². The Morgan fingerprint density at radius 1 is 1.33 bits per heavy atom. The van der Waals surface area contributed by atoms with Gasteiger partial charge < -0.3 is 10.1 Å². The summed E-state index contributed by atoms with van der Waals surface area (Å²) in [6.07, 6.45) is 4.92. The summed E-state index contributed by atoms with van der Waals surface area (Å²) in [7, 11) is 1.44. The summed E-state index contributed by atoms with van der Waals surface area (Å²) in [6.45, 7) is 1.94. The highest BCUT2D eigenvalue weighted by Crippen LogP contribution is 2.23. The summed E-state index contributed by atoms with van der Waals surface area (Å²) >= 11 is 0. The maximum Gasteiger partial charge on any atom is 0.167 e. The van der Waals surface area contributed by atoms with E-state index in [-0.39, 0.29) is 11.8 Å². The Morgan fingerprint density at radius 3 is 2.78 bits per heavy atom. The van der Waals surface area contributed by atoms with Crippen LogP contribution in [0.3, 0.4) is 0 Å². The van der Waals surface area contributed by atoms with E-state index >= 15 is 0 Å². The van der Waals surface area contributed by atoms with E-state index in [0.717, 1.165) is 5.69 Å². The topological polar surface area (TPSA) is 47.0 Å². The maximum absolute atomic E-state index is 13.5. The summed E-state index contributed by atoms with van der Waals surface area (Å²) in [5.41, 5.74) is 1.47. The van der Waals surface area contributed by atoms with E-state index < -0.39 is 5.82 Å². The van der Waals surface area contributed by atoms with E-state index in [1.165, 1.54) is 13.2 Å². The first-order chi connectivity index (χ1) is 8.70. The van der Waals surface area contributed by atoms with Gasteiger partial charge in [-0.15, -0.1) is 0 Å². The van der Waals surface area contributed by atoms with Crippen molar-refractivity contribution in [2.45, 2.75) is 13.0 Å². The smallest absolute Gasteiger partial charge is 0.167 e. The van der Waals surface area contributed by atoms with Crippen LogP contribution in [0.25, 0.3) is 0 Å². The number of halogens is 1. The molecular formula is C13H14FN3O. The Kier molecular flexibility index (Phi) is 3.72. The second-order valence-electron chi connectivity index (χ2n) is 3.85. The quantitative estimate of drug-likeness (QED) is 0.902. The molecule has 4 nitrogen and oxygen atoms in total. The lowest BCUT2D eigenvalue weighted by Gasteiger charge is -2.14. The molecule has 0 amide bonds. The minimum atomic E-state index is -0.395. The molecule has 0 spiro atoms. The van der Waals surface area contributed by atoms with Gasteiger partial charge in [0.05, 0.1) is 25.0 Å². The van der Waals surface area contributed by atoms with Crippen LogP contribution in [0.4, 0.5) is 10.1 Å². The first-order valence-electron chi connectivity index (χ1n) is 5.56. The molecule has 0 saturated heterocycles. The zero-order valence-electron chi connectivity index (χ0n) is 10.2. The second-order valence-corrected chi connectivity index (χ2v) is 3.85. The maximum atomic E-state index is 13.5. The minimum Gasteiger partial charge on any atom is -0.494 e. The van der Waals surface area contributed by atoms with E-state index in [1.807, 2.05) is 6.92 Å². The first kappa shape index (κ1) is 12.3. The van der Waals surface area contributed by atoms with E-state index in [4.69, 9.17) is 4.74 Å². The van der Waals surface area contributed by atoms with Crippen LogP contribution in [-0.2, 0) is 0 Å². The summed E-state index contributed by atoms with van der Waals surface area (Å²) in [6, 6.07) is 4.69. The fraction of sp³-hybridized carbons (Fsp3) is 0.231. The van der Waals surface area contributed by atoms with Crippen LogP contribution >= 0.6 is 0 Å². The van der Waals surface area contributed by atoms with E-state index in [2.05, 4.69) is 15.3 Å². The molecule has 0 aliphatic heterocycles. The van der Waals surface area contributed by atoms with Crippen LogP contribution in [0.1, 0.15) is 18.7 Å². The van der Waals surface area contributed by atoms with Gasteiger partial charge in [0, 0.05) is 24.1 Å². The molecule has 5 heteroatoms. The van der Waals surface area contributed by atoms with Crippen LogP contribution in [0.2, 0.25) is 0 Å². The van der Waals surface area contributed by atoms with E-state index in [1.54, 1.807) is 30.7 Å². The number of hydrogen-bond donors (Lipinski definition) is 1. The van der Waals surface area contributed by atoms with Crippen molar-refractivity contribution in [3.8, 4) is 5.75 Å². The molecule has 0 bridgehead atoms. The Labute approximate surface area is 105 Å². The molecule has 1 heterocycles. The molecular weight excluding hydrogens is 233 g/mol. The zero-order chi connectivity index (χ0) is 13.0. The SMILES string of the molecule is COc1ccc(NC(C)c2cnccn2)cc1F. The lowest BCUT2D eigenvalue weighted by atomic mass is 10.2. The van der Waals surface area contributed by atoms with E-state index in [0.29, 0.717) is 5.69 Å². The Hall–Kier alpha value is -2.17. The Balaban J connectivity index is 2.12. The fourth-order valence-electron chi connectivity index (χ4n) is 1.61. The molecule has 94 valence electrons. The van der Waals surface area contributed by atoms with Gasteiger partial charge in [0.1, 0.15) is 0 Å². The van der Waals surface area contributed by atoms with Crippen molar-refractivity contribution >= 4 is 5.69 Å². The average Bonchev–Trinajstić information content (AvgIpc) is 2.40. The molecule has 2 aromatic rings. The second kappa shape index (κ2) is 5.44. The number of ether oxygens (including phenoxy) is 1. The lowest BCUT2D eigenvalue weighted by molar-refractivity contribution is 0.386. The Morgan fingerprint density at radius 2 is 2.17 bits per heavy atom. The highest BCUT2D eigenvalue weighted by atomic mass is 19.1. The number of rotatable bonds is 4. The van der Waals surface area contributed by atoms with Gasteiger partial charge in [0.15, 0.2) is 11.6 Å². The summed E-state index contributed by atoms with van der Waals surface area (Å²) in [5.74, 6) is -0.165. The number of benzene rings is 1. The van der Waals surface area contributed by atoms with Gasteiger partial charge in [-0.2, -0.15) is 0 Å². The van der Waals surface area contributed by atoms with Crippen molar-refractivity contribution in [1.82, 2.24) is 9.97 Å². The predicted molar refractivity (Wildman–Crippen MR) is 67.0 cm³/mol. The summed E-state index contributed by atoms with van der Waals surface area (Å²) in [4.78, 5) is 8.18. The third-order valence-corrected chi connectivity index (χ3v) is 2.56. The van der Waals surface area contributed by atoms with Crippen molar-refractivity contribution in [2.75, 3.05) is 12.4 Å². The number of methoxy groups -OCH3 is 1. The van der Waals surface area contributed by atoms with Gasteiger partial charge in [-0.05, 0) is 19.1 Å². The number of anilines is 1. The van der Waals surface area contributed by atoms with Gasteiger partial charge in [-0.1, -0.05) is 0 Å². The number of aromatic nitrogens is 2. The third-order valence-electron chi connectivity index (χ3n) is 2.56. The predicted octanol–water partition coefficient (Wildman–Crippen LogP) is 2.80. The molecule has 0 aliphatic carbocycles.